The number of ether oxygens (including phenoxy) is 1. The number of benzene rings is 2. The molecule has 0 heterocycles. The van der Waals surface area contributed by atoms with Gasteiger partial charge in [0, 0.05) is 48.0 Å². The molecule has 0 saturated carbocycles. The van der Waals surface area contributed by atoms with Crippen LogP contribution in [0.2, 0.25) is 0 Å². The van der Waals surface area contributed by atoms with Crippen molar-refractivity contribution in [3.8, 4) is 5.75 Å². The second-order valence-electron chi connectivity index (χ2n) is 6.18. The van der Waals surface area contributed by atoms with Gasteiger partial charge in [-0.15, -0.1) is 0 Å². The molecular weight excluding hydrogens is 358 g/mol. The van der Waals surface area contributed by atoms with Crippen molar-refractivity contribution in [2.24, 2.45) is 4.99 Å². The number of guanidine groups is 1. The molecule has 0 fully saturated rings. The Balaban J connectivity index is 1.93. The molecule has 1 atom stereocenters. The first-order valence-electron chi connectivity index (χ1n) is 9.14. The minimum Gasteiger partial charge on any atom is -0.496 e. The first-order valence-corrected chi connectivity index (χ1v) is 10.6. The summed E-state index contributed by atoms with van der Waals surface area (Å²) in [4.78, 5) is 6.70. The normalized spacial score (nSPS) is 12.5. The summed E-state index contributed by atoms with van der Waals surface area (Å²) in [6, 6.07) is 17.9. The van der Waals surface area contributed by atoms with Crippen molar-refractivity contribution in [2.45, 2.75) is 19.2 Å². The Hall–Kier alpha value is -2.34. The molecule has 2 aromatic carbocycles. The quantitative estimate of drug-likeness (QED) is 0.531. The number of methoxy groups -OCH3 is 1. The van der Waals surface area contributed by atoms with E-state index in [4.69, 9.17) is 4.74 Å². The molecule has 0 aliphatic carbocycles. The van der Waals surface area contributed by atoms with Crippen LogP contribution < -0.4 is 10.1 Å². The van der Waals surface area contributed by atoms with Gasteiger partial charge in [0.25, 0.3) is 0 Å². The number of hydrogen-bond acceptors (Lipinski definition) is 3. The smallest absolute Gasteiger partial charge is 0.193 e. The van der Waals surface area contributed by atoms with E-state index in [9.17, 15) is 4.21 Å². The van der Waals surface area contributed by atoms with Gasteiger partial charge < -0.3 is 15.0 Å². The van der Waals surface area contributed by atoms with Gasteiger partial charge >= 0.3 is 0 Å². The van der Waals surface area contributed by atoms with Gasteiger partial charge in [-0.1, -0.05) is 48.5 Å². The summed E-state index contributed by atoms with van der Waals surface area (Å²) in [7, 11) is 2.75. The maximum absolute atomic E-state index is 12.3. The van der Waals surface area contributed by atoms with Crippen molar-refractivity contribution in [3.05, 3.63) is 65.7 Å². The number of nitrogens with zero attached hydrogens (tertiary/aromatic N) is 2. The molecule has 0 aliphatic heterocycles. The lowest BCUT2D eigenvalue weighted by Gasteiger charge is -2.23. The Morgan fingerprint density at radius 2 is 1.85 bits per heavy atom. The summed E-state index contributed by atoms with van der Waals surface area (Å²) in [5, 5.41) is 3.30. The van der Waals surface area contributed by atoms with Crippen LogP contribution in [-0.4, -0.2) is 48.1 Å². The third kappa shape index (κ3) is 7.06. The maximum Gasteiger partial charge on any atom is 0.193 e. The molecule has 6 heteroatoms. The minimum absolute atomic E-state index is 0.526. The highest BCUT2D eigenvalue weighted by atomic mass is 32.2. The topological polar surface area (TPSA) is 53.9 Å². The van der Waals surface area contributed by atoms with Crippen LogP contribution in [-0.2, 0) is 23.1 Å². The molecule has 0 saturated heterocycles. The van der Waals surface area contributed by atoms with Crippen LogP contribution in [0.4, 0.5) is 0 Å². The fourth-order valence-electron chi connectivity index (χ4n) is 2.72. The fraction of sp³-hybridized carbons (Fsp3) is 0.381. The van der Waals surface area contributed by atoms with Crippen molar-refractivity contribution >= 4 is 16.8 Å². The molecule has 146 valence electrons. The summed E-state index contributed by atoms with van der Waals surface area (Å²) in [5.41, 5.74) is 2.20. The summed E-state index contributed by atoms with van der Waals surface area (Å²) < 4.78 is 17.7. The second kappa shape index (κ2) is 11.4. The van der Waals surface area contributed by atoms with E-state index < -0.39 is 10.8 Å². The highest BCUT2D eigenvalue weighted by Gasteiger charge is 2.10. The zero-order valence-electron chi connectivity index (χ0n) is 16.4. The Bertz CT molecular complexity index is 750. The Kier molecular flexibility index (Phi) is 8.84. The van der Waals surface area contributed by atoms with Gasteiger partial charge in [0.1, 0.15) is 5.75 Å². The summed E-state index contributed by atoms with van der Waals surface area (Å²) in [6.45, 7) is 4.03. The van der Waals surface area contributed by atoms with Crippen LogP contribution in [0, 0.1) is 0 Å². The monoisotopic (exact) mass is 387 g/mol. The minimum atomic E-state index is -0.921. The van der Waals surface area contributed by atoms with Crippen LogP contribution in [0.1, 0.15) is 18.1 Å². The van der Waals surface area contributed by atoms with E-state index in [-0.39, 0.29) is 0 Å². The first kappa shape index (κ1) is 21.0. The number of aliphatic imine (C=N–C) groups is 1. The highest BCUT2D eigenvalue weighted by Crippen LogP contribution is 2.18. The zero-order chi connectivity index (χ0) is 19.5. The van der Waals surface area contributed by atoms with Crippen molar-refractivity contribution < 1.29 is 8.95 Å². The van der Waals surface area contributed by atoms with Gasteiger partial charge in [-0.05, 0) is 18.6 Å². The lowest BCUT2D eigenvalue weighted by atomic mass is 10.2. The maximum atomic E-state index is 12.3. The predicted octanol–water partition coefficient (Wildman–Crippen LogP) is 3.04. The van der Waals surface area contributed by atoms with Gasteiger partial charge in [-0.2, -0.15) is 0 Å². The fourth-order valence-corrected chi connectivity index (χ4v) is 3.72. The average molecular weight is 388 g/mol. The molecule has 5 nitrogen and oxygen atoms in total. The lowest BCUT2D eigenvalue weighted by Crippen LogP contribution is -2.38. The van der Waals surface area contributed by atoms with E-state index in [0.29, 0.717) is 24.6 Å². The Morgan fingerprint density at radius 3 is 2.56 bits per heavy atom. The molecule has 2 aromatic rings. The number of nitrogens with one attached hydrogen (secondary N) is 1. The Morgan fingerprint density at radius 1 is 1.15 bits per heavy atom. The van der Waals surface area contributed by atoms with Crippen LogP contribution in [0.3, 0.4) is 0 Å². The summed E-state index contributed by atoms with van der Waals surface area (Å²) in [6.07, 6.45) is 0. The van der Waals surface area contributed by atoms with E-state index in [2.05, 4.69) is 15.2 Å². The van der Waals surface area contributed by atoms with Gasteiger partial charge in [-0.3, -0.25) is 9.20 Å². The second-order valence-corrected chi connectivity index (χ2v) is 7.75. The van der Waals surface area contributed by atoms with Crippen molar-refractivity contribution in [1.82, 2.24) is 10.2 Å². The van der Waals surface area contributed by atoms with Crippen LogP contribution >= 0.6 is 0 Å². The Labute approximate surface area is 164 Å². The van der Waals surface area contributed by atoms with E-state index in [1.165, 1.54) is 0 Å². The zero-order valence-corrected chi connectivity index (χ0v) is 17.2. The first-order chi connectivity index (χ1) is 13.1. The molecule has 0 aliphatic rings. The van der Waals surface area contributed by atoms with Gasteiger partial charge in [0.15, 0.2) is 5.96 Å². The molecule has 1 N–H and O–H groups in total. The summed E-state index contributed by atoms with van der Waals surface area (Å²) in [5.74, 6) is 2.79. The van der Waals surface area contributed by atoms with Crippen molar-refractivity contribution in [1.29, 1.82) is 0 Å². The molecule has 1 unspecified atom stereocenters. The summed E-state index contributed by atoms with van der Waals surface area (Å²) >= 11 is 0. The van der Waals surface area contributed by atoms with Crippen molar-refractivity contribution in [2.75, 3.05) is 33.0 Å². The third-order valence-electron chi connectivity index (χ3n) is 4.05. The van der Waals surface area contributed by atoms with Gasteiger partial charge in [0.05, 0.1) is 13.7 Å². The molecular formula is C21H29N3O2S. The molecule has 0 spiro atoms. The highest BCUT2D eigenvalue weighted by molar-refractivity contribution is 7.84. The number of hydrogen-bond donors (Lipinski definition) is 1. The van der Waals surface area contributed by atoms with Gasteiger partial charge in [0.2, 0.25) is 0 Å². The van der Waals surface area contributed by atoms with E-state index in [0.717, 1.165) is 29.4 Å². The largest absolute Gasteiger partial charge is 0.496 e. The third-order valence-corrected chi connectivity index (χ3v) is 5.34. The number of rotatable bonds is 9. The van der Waals surface area contributed by atoms with Crippen molar-refractivity contribution in [3.63, 3.8) is 0 Å². The van der Waals surface area contributed by atoms with Crippen LogP contribution in [0.5, 0.6) is 5.75 Å². The standard InChI is InChI=1S/C21H29N3O2S/c1-4-22-21(24(2)16-19-12-8-9-13-20(19)26-3)23-14-15-27(25)17-18-10-6-5-7-11-18/h5-13H,4,14-17H2,1-3H3,(H,22,23). The molecule has 0 aromatic heterocycles. The lowest BCUT2D eigenvalue weighted by molar-refractivity contribution is 0.396. The van der Waals surface area contributed by atoms with E-state index in [1.54, 1.807) is 7.11 Å². The van der Waals surface area contributed by atoms with Crippen LogP contribution in [0.25, 0.3) is 0 Å². The SMILES string of the molecule is CCNC(=NCCS(=O)Cc1ccccc1)N(C)Cc1ccccc1OC. The molecule has 27 heavy (non-hydrogen) atoms. The molecule has 0 amide bonds. The van der Waals surface area contributed by atoms with Crippen LogP contribution in [0.15, 0.2) is 59.6 Å². The predicted molar refractivity (Wildman–Crippen MR) is 114 cm³/mol. The number of para-hydroxylation sites is 1. The average Bonchev–Trinajstić information content (AvgIpc) is 2.68. The molecule has 2 rings (SSSR count). The van der Waals surface area contributed by atoms with E-state index >= 15 is 0 Å². The van der Waals surface area contributed by atoms with E-state index in [1.807, 2.05) is 68.6 Å². The molecule has 0 bridgehead atoms. The van der Waals surface area contributed by atoms with Gasteiger partial charge in [-0.25, -0.2) is 0 Å². The molecule has 0 radical (unpaired) electrons.